The zero-order valence-electron chi connectivity index (χ0n) is 6.08. The summed E-state index contributed by atoms with van der Waals surface area (Å²) in [5, 5.41) is 8.39. The second kappa shape index (κ2) is 3.55. The predicted octanol–water partition coefficient (Wildman–Crippen LogP) is 0.281. The van der Waals surface area contributed by atoms with E-state index in [0.29, 0.717) is 6.54 Å². The van der Waals surface area contributed by atoms with Gasteiger partial charge in [0.15, 0.2) is 0 Å². The zero-order valence-corrected chi connectivity index (χ0v) is 6.08. The quantitative estimate of drug-likeness (QED) is 0.531. The first-order chi connectivity index (χ1) is 4.84. The Labute approximate surface area is 61.4 Å². The molecule has 0 saturated carbocycles. The number of piperidine rings is 1. The van der Waals surface area contributed by atoms with Crippen LogP contribution in [-0.2, 0) is 0 Å². The van der Waals surface area contributed by atoms with Gasteiger partial charge in [0, 0.05) is 6.54 Å². The SMILES string of the molecule is N#CCN1CCCCC1N. The standard InChI is InChI=1S/C7H13N3/c8-4-6-10-5-2-1-3-7(10)9/h7H,1-3,5-6,9H2. The molecule has 0 aromatic carbocycles. The highest BCUT2D eigenvalue weighted by molar-refractivity contribution is 4.81. The van der Waals surface area contributed by atoms with E-state index in [4.69, 9.17) is 11.0 Å². The van der Waals surface area contributed by atoms with Gasteiger partial charge in [-0.3, -0.25) is 4.90 Å². The van der Waals surface area contributed by atoms with Gasteiger partial charge in [-0.15, -0.1) is 0 Å². The fourth-order valence-electron chi connectivity index (χ4n) is 1.30. The van der Waals surface area contributed by atoms with Gasteiger partial charge in [0.1, 0.15) is 0 Å². The number of nitrogens with two attached hydrogens (primary N) is 1. The average molecular weight is 139 g/mol. The zero-order chi connectivity index (χ0) is 7.40. The van der Waals surface area contributed by atoms with Crippen molar-refractivity contribution >= 4 is 0 Å². The Kier molecular flexibility index (Phi) is 2.67. The highest BCUT2D eigenvalue weighted by Crippen LogP contribution is 2.11. The Hall–Kier alpha value is -0.590. The molecule has 1 saturated heterocycles. The molecular weight excluding hydrogens is 126 g/mol. The van der Waals surface area contributed by atoms with Crippen molar-refractivity contribution in [2.45, 2.75) is 25.4 Å². The smallest absolute Gasteiger partial charge is 0.0878 e. The summed E-state index contributed by atoms with van der Waals surface area (Å²) in [7, 11) is 0. The fraction of sp³-hybridized carbons (Fsp3) is 0.857. The predicted molar refractivity (Wildman–Crippen MR) is 39.0 cm³/mol. The van der Waals surface area contributed by atoms with E-state index in [1.165, 1.54) is 12.8 Å². The third-order valence-electron chi connectivity index (χ3n) is 1.94. The molecule has 0 radical (unpaired) electrons. The fourth-order valence-corrected chi connectivity index (χ4v) is 1.30. The minimum atomic E-state index is 0.133. The molecule has 0 amide bonds. The van der Waals surface area contributed by atoms with Gasteiger partial charge in [-0.1, -0.05) is 0 Å². The van der Waals surface area contributed by atoms with Crippen molar-refractivity contribution in [1.29, 1.82) is 5.26 Å². The molecule has 10 heavy (non-hydrogen) atoms. The molecule has 1 unspecified atom stereocenters. The molecule has 1 rings (SSSR count). The second-order valence-corrected chi connectivity index (χ2v) is 2.69. The summed E-state index contributed by atoms with van der Waals surface area (Å²) >= 11 is 0. The number of rotatable bonds is 1. The third kappa shape index (κ3) is 1.69. The molecule has 3 heteroatoms. The van der Waals surface area contributed by atoms with Crippen LogP contribution in [0.3, 0.4) is 0 Å². The highest BCUT2D eigenvalue weighted by Gasteiger charge is 2.17. The first-order valence-electron chi connectivity index (χ1n) is 3.71. The van der Waals surface area contributed by atoms with Gasteiger partial charge >= 0.3 is 0 Å². The van der Waals surface area contributed by atoms with Crippen molar-refractivity contribution in [1.82, 2.24) is 4.90 Å². The van der Waals surface area contributed by atoms with Gasteiger partial charge < -0.3 is 5.73 Å². The summed E-state index contributed by atoms with van der Waals surface area (Å²) in [5.74, 6) is 0. The Morgan fingerprint density at radius 1 is 1.60 bits per heavy atom. The summed E-state index contributed by atoms with van der Waals surface area (Å²) in [4.78, 5) is 2.03. The largest absolute Gasteiger partial charge is 0.316 e. The lowest BCUT2D eigenvalue weighted by molar-refractivity contribution is 0.172. The van der Waals surface area contributed by atoms with Crippen LogP contribution < -0.4 is 5.73 Å². The van der Waals surface area contributed by atoms with Crippen LogP contribution in [0.5, 0.6) is 0 Å². The van der Waals surface area contributed by atoms with Crippen molar-refractivity contribution in [3.63, 3.8) is 0 Å². The number of hydrogen-bond acceptors (Lipinski definition) is 3. The van der Waals surface area contributed by atoms with Crippen molar-refractivity contribution < 1.29 is 0 Å². The van der Waals surface area contributed by atoms with Crippen molar-refractivity contribution in [3.05, 3.63) is 0 Å². The molecule has 1 aliphatic rings. The lowest BCUT2D eigenvalue weighted by atomic mass is 10.1. The second-order valence-electron chi connectivity index (χ2n) is 2.69. The van der Waals surface area contributed by atoms with E-state index in [1.807, 2.05) is 4.90 Å². The van der Waals surface area contributed by atoms with E-state index >= 15 is 0 Å². The molecular formula is C7H13N3. The molecule has 0 bridgehead atoms. The summed E-state index contributed by atoms with van der Waals surface area (Å²) in [6.45, 7) is 1.48. The van der Waals surface area contributed by atoms with Crippen LogP contribution in [0.4, 0.5) is 0 Å². The molecule has 56 valence electrons. The van der Waals surface area contributed by atoms with E-state index in [2.05, 4.69) is 6.07 Å². The van der Waals surface area contributed by atoms with Gasteiger partial charge in [-0.25, -0.2) is 0 Å². The molecule has 3 nitrogen and oxygen atoms in total. The molecule has 1 atom stereocenters. The maximum absolute atomic E-state index is 8.39. The van der Waals surface area contributed by atoms with Crippen molar-refractivity contribution in [2.75, 3.05) is 13.1 Å². The minimum Gasteiger partial charge on any atom is -0.316 e. The Bertz CT molecular complexity index is 138. The maximum atomic E-state index is 8.39. The van der Waals surface area contributed by atoms with Gasteiger partial charge in [-0.2, -0.15) is 5.26 Å². The van der Waals surface area contributed by atoms with Gasteiger partial charge in [-0.05, 0) is 19.3 Å². The molecule has 0 aromatic heterocycles. The first kappa shape index (κ1) is 7.52. The van der Waals surface area contributed by atoms with Crippen LogP contribution in [0.25, 0.3) is 0 Å². The monoisotopic (exact) mass is 139 g/mol. The van der Waals surface area contributed by atoms with Gasteiger partial charge in [0.25, 0.3) is 0 Å². The molecule has 0 aliphatic carbocycles. The third-order valence-corrected chi connectivity index (χ3v) is 1.94. The lowest BCUT2D eigenvalue weighted by Gasteiger charge is -2.30. The summed E-state index contributed by atoms with van der Waals surface area (Å²) in [6, 6.07) is 2.11. The number of nitrogens with zero attached hydrogens (tertiary/aromatic N) is 2. The average Bonchev–Trinajstić information content (AvgIpc) is 1.94. The Morgan fingerprint density at radius 3 is 3.00 bits per heavy atom. The van der Waals surface area contributed by atoms with E-state index in [9.17, 15) is 0 Å². The van der Waals surface area contributed by atoms with E-state index in [-0.39, 0.29) is 6.17 Å². The molecule has 1 aliphatic heterocycles. The van der Waals surface area contributed by atoms with E-state index in [1.54, 1.807) is 0 Å². The Morgan fingerprint density at radius 2 is 2.40 bits per heavy atom. The summed E-state index contributed by atoms with van der Waals surface area (Å²) < 4.78 is 0. The van der Waals surface area contributed by atoms with Crippen LogP contribution in [0, 0.1) is 11.3 Å². The summed E-state index contributed by atoms with van der Waals surface area (Å²) in [5.41, 5.74) is 5.74. The molecule has 1 heterocycles. The first-order valence-corrected chi connectivity index (χ1v) is 3.71. The van der Waals surface area contributed by atoms with Crippen LogP contribution in [-0.4, -0.2) is 24.2 Å². The van der Waals surface area contributed by atoms with E-state index < -0.39 is 0 Å². The van der Waals surface area contributed by atoms with Crippen molar-refractivity contribution in [3.8, 4) is 6.07 Å². The summed E-state index contributed by atoms with van der Waals surface area (Å²) in [6.07, 6.45) is 3.58. The maximum Gasteiger partial charge on any atom is 0.0878 e. The van der Waals surface area contributed by atoms with Crippen LogP contribution >= 0.6 is 0 Å². The minimum absolute atomic E-state index is 0.133. The van der Waals surface area contributed by atoms with E-state index in [0.717, 1.165) is 13.0 Å². The Balaban J connectivity index is 2.34. The number of nitriles is 1. The van der Waals surface area contributed by atoms with Gasteiger partial charge in [0.2, 0.25) is 0 Å². The normalized spacial score (nSPS) is 27.8. The number of hydrogen-bond donors (Lipinski definition) is 1. The van der Waals surface area contributed by atoms with Gasteiger partial charge in [0.05, 0.1) is 18.8 Å². The van der Waals surface area contributed by atoms with Crippen LogP contribution in [0.15, 0.2) is 0 Å². The highest BCUT2D eigenvalue weighted by atomic mass is 15.2. The molecule has 0 spiro atoms. The lowest BCUT2D eigenvalue weighted by Crippen LogP contribution is -2.45. The molecule has 2 N–H and O–H groups in total. The number of likely N-dealkylation sites (tertiary alicyclic amines) is 1. The van der Waals surface area contributed by atoms with Crippen LogP contribution in [0.1, 0.15) is 19.3 Å². The van der Waals surface area contributed by atoms with Crippen LogP contribution in [0.2, 0.25) is 0 Å². The van der Waals surface area contributed by atoms with Crippen molar-refractivity contribution in [2.24, 2.45) is 5.73 Å². The molecule has 0 aromatic rings. The topological polar surface area (TPSA) is 53.0 Å². The molecule has 1 fully saturated rings.